The molecule has 0 aromatic carbocycles. The van der Waals surface area contributed by atoms with Crippen LogP contribution in [0, 0.1) is 5.92 Å². The van der Waals surface area contributed by atoms with Crippen molar-refractivity contribution in [1.29, 1.82) is 0 Å². The van der Waals surface area contributed by atoms with E-state index in [2.05, 4.69) is 15.3 Å². The highest BCUT2D eigenvalue weighted by molar-refractivity contribution is 6.31. The van der Waals surface area contributed by atoms with E-state index in [1.165, 1.54) is 12.4 Å². The highest BCUT2D eigenvalue weighted by Crippen LogP contribution is 2.36. The second-order valence-electron chi connectivity index (χ2n) is 8.10. The van der Waals surface area contributed by atoms with Gasteiger partial charge in [0, 0.05) is 29.9 Å². The van der Waals surface area contributed by atoms with Crippen molar-refractivity contribution in [1.82, 2.24) is 14.9 Å². The van der Waals surface area contributed by atoms with Crippen LogP contribution in [0.5, 0.6) is 5.88 Å². The lowest BCUT2D eigenvalue weighted by Gasteiger charge is -2.25. The van der Waals surface area contributed by atoms with E-state index >= 15 is 0 Å². The highest BCUT2D eigenvalue weighted by Gasteiger charge is 2.34. The zero-order valence-corrected chi connectivity index (χ0v) is 18.2. The number of nitrogens with one attached hydrogen (secondary N) is 1. The number of ether oxygens (including phenoxy) is 1. The van der Waals surface area contributed by atoms with E-state index in [1.807, 2.05) is 6.92 Å². The van der Waals surface area contributed by atoms with Crippen LogP contribution in [-0.4, -0.2) is 39.7 Å². The molecule has 1 aliphatic carbocycles. The number of amides is 2. The van der Waals surface area contributed by atoms with Gasteiger partial charge < -0.3 is 15.0 Å². The molecule has 4 rings (SSSR count). The van der Waals surface area contributed by atoms with Gasteiger partial charge in [-0.1, -0.05) is 18.0 Å². The largest absolute Gasteiger partial charge is 0.471 e. The average Bonchev–Trinajstić information content (AvgIpc) is 3.07. The van der Waals surface area contributed by atoms with Gasteiger partial charge in [-0.15, -0.1) is 0 Å². The number of rotatable bonds is 8. The maximum absolute atomic E-state index is 13.0. The standard InChI is InChI=1S/C22H23ClF2N4O3/c1-12(14-8-17(23)21(27-9-14)32-11-18(24)25)29-10-16-15(22(29)31)5-6-26-20(16)28-19(30)7-13-3-2-4-13/h5-6,8-9,12-13,18H,2-4,7,10-11H2,1H3,(H,26,28,30). The molecular weight excluding hydrogens is 442 g/mol. The molecule has 2 amide bonds. The van der Waals surface area contributed by atoms with Gasteiger partial charge in [0.25, 0.3) is 12.3 Å². The molecule has 0 bridgehead atoms. The fourth-order valence-electron chi connectivity index (χ4n) is 3.91. The summed E-state index contributed by atoms with van der Waals surface area (Å²) in [5.41, 5.74) is 1.79. The van der Waals surface area contributed by atoms with Crippen LogP contribution >= 0.6 is 11.6 Å². The van der Waals surface area contributed by atoms with Crippen LogP contribution in [0.3, 0.4) is 0 Å². The van der Waals surface area contributed by atoms with Crippen LogP contribution in [0.2, 0.25) is 5.02 Å². The van der Waals surface area contributed by atoms with Crippen LogP contribution in [0.15, 0.2) is 24.5 Å². The molecule has 170 valence electrons. The van der Waals surface area contributed by atoms with Gasteiger partial charge in [-0.05, 0) is 43.4 Å². The lowest BCUT2D eigenvalue weighted by Crippen LogP contribution is -2.27. The monoisotopic (exact) mass is 464 g/mol. The van der Waals surface area contributed by atoms with E-state index in [-0.39, 0.29) is 29.3 Å². The van der Waals surface area contributed by atoms with E-state index in [1.54, 1.807) is 17.0 Å². The number of hydrogen-bond donors (Lipinski definition) is 1. The Morgan fingerprint density at radius 3 is 2.81 bits per heavy atom. The Morgan fingerprint density at radius 2 is 2.16 bits per heavy atom. The summed E-state index contributed by atoms with van der Waals surface area (Å²) in [5.74, 6) is 0.458. The molecule has 32 heavy (non-hydrogen) atoms. The zero-order chi connectivity index (χ0) is 22.8. The third kappa shape index (κ3) is 4.67. The Kier molecular flexibility index (Phi) is 6.55. The molecule has 3 heterocycles. The topological polar surface area (TPSA) is 84.4 Å². The molecule has 2 aromatic heterocycles. The molecule has 0 radical (unpaired) electrons. The molecule has 1 unspecified atom stereocenters. The van der Waals surface area contributed by atoms with Crippen molar-refractivity contribution in [2.75, 3.05) is 11.9 Å². The molecule has 1 atom stereocenters. The van der Waals surface area contributed by atoms with E-state index in [4.69, 9.17) is 16.3 Å². The number of aromatic nitrogens is 2. The Labute approximate surface area is 189 Å². The number of halogens is 3. The highest BCUT2D eigenvalue weighted by atomic mass is 35.5. The van der Waals surface area contributed by atoms with Crippen molar-refractivity contribution in [3.63, 3.8) is 0 Å². The Morgan fingerprint density at radius 1 is 1.38 bits per heavy atom. The lowest BCUT2D eigenvalue weighted by atomic mass is 9.83. The number of nitrogens with zero attached hydrogens (tertiary/aromatic N) is 3. The maximum Gasteiger partial charge on any atom is 0.272 e. The Hall–Kier alpha value is -2.81. The summed E-state index contributed by atoms with van der Waals surface area (Å²) in [5, 5.41) is 2.95. The fourth-order valence-corrected chi connectivity index (χ4v) is 4.14. The summed E-state index contributed by atoms with van der Waals surface area (Å²) >= 11 is 6.14. The smallest absolute Gasteiger partial charge is 0.272 e. The van der Waals surface area contributed by atoms with Crippen LogP contribution < -0.4 is 10.1 Å². The minimum absolute atomic E-state index is 0.0837. The van der Waals surface area contributed by atoms with E-state index < -0.39 is 19.1 Å². The molecule has 7 nitrogen and oxygen atoms in total. The number of anilines is 1. The molecule has 1 aliphatic heterocycles. The summed E-state index contributed by atoms with van der Waals surface area (Å²) in [7, 11) is 0. The molecule has 2 aromatic rings. The van der Waals surface area contributed by atoms with Gasteiger partial charge in [-0.25, -0.2) is 18.7 Å². The van der Waals surface area contributed by atoms with Gasteiger partial charge in [0.2, 0.25) is 11.8 Å². The summed E-state index contributed by atoms with van der Waals surface area (Å²) in [4.78, 5) is 35.3. The quantitative estimate of drug-likeness (QED) is 0.616. The normalized spacial score (nSPS) is 16.7. The summed E-state index contributed by atoms with van der Waals surface area (Å²) in [6.45, 7) is 1.28. The third-order valence-corrected chi connectivity index (χ3v) is 6.23. The zero-order valence-electron chi connectivity index (χ0n) is 17.5. The Bertz CT molecular complexity index is 1030. The maximum atomic E-state index is 13.0. The molecule has 1 N–H and O–H groups in total. The van der Waals surface area contributed by atoms with E-state index in [0.29, 0.717) is 34.8 Å². The number of pyridine rings is 2. The van der Waals surface area contributed by atoms with Crippen LogP contribution in [0.4, 0.5) is 14.6 Å². The summed E-state index contributed by atoms with van der Waals surface area (Å²) in [6.07, 6.45) is 4.09. The summed E-state index contributed by atoms with van der Waals surface area (Å²) < 4.78 is 29.6. The van der Waals surface area contributed by atoms with E-state index in [0.717, 1.165) is 19.3 Å². The van der Waals surface area contributed by atoms with Crippen molar-refractivity contribution in [2.45, 2.75) is 51.6 Å². The molecular formula is C22H23ClF2N4O3. The van der Waals surface area contributed by atoms with Crippen molar-refractivity contribution >= 4 is 29.2 Å². The number of alkyl halides is 2. The number of hydrogen-bond acceptors (Lipinski definition) is 5. The van der Waals surface area contributed by atoms with Gasteiger partial charge in [0.1, 0.15) is 10.8 Å². The van der Waals surface area contributed by atoms with Crippen LogP contribution in [-0.2, 0) is 11.3 Å². The van der Waals surface area contributed by atoms with Crippen molar-refractivity contribution in [3.05, 3.63) is 46.2 Å². The minimum Gasteiger partial charge on any atom is -0.471 e. The number of carbonyl (C=O) groups is 2. The average molecular weight is 465 g/mol. The first-order valence-electron chi connectivity index (χ1n) is 10.5. The molecule has 2 aliphatic rings. The van der Waals surface area contributed by atoms with Crippen molar-refractivity contribution in [3.8, 4) is 5.88 Å². The molecule has 0 saturated heterocycles. The van der Waals surface area contributed by atoms with Crippen molar-refractivity contribution in [2.24, 2.45) is 5.92 Å². The van der Waals surface area contributed by atoms with Gasteiger partial charge >= 0.3 is 0 Å². The van der Waals surface area contributed by atoms with E-state index in [9.17, 15) is 18.4 Å². The summed E-state index contributed by atoms with van der Waals surface area (Å²) in [6, 6.07) is 2.79. The first kappa shape index (κ1) is 22.4. The molecule has 10 heteroatoms. The second kappa shape index (κ2) is 9.36. The van der Waals surface area contributed by atoms with Gasteiger partial charge in [-0.3, -0.25) is 9.59 Å². The third-order valence-electron chi connectivity index (χ3n) is 5.96. The van der Waals surface area contributed by atoms with Crippen LogP contribution in [0.25, 0.3) is 0 Å². The predicted molar refractivity (Wildman–Crippen MR) is 114 cm³/mol. The van der Waals surface area contributed by atoms with Gasteiger partial charge in [-0.2, -0.15) is 0 Å². The first-order chi connectivity index (χ1) is 15.3. The van der Waals surface area contributed by atoms with Gasteiger partial charge in [0.05, 0.1) is 12.6 Å². The fraction of sp³-hybridized carbons (Fsp3) is 0.455. The second-order valence-corrected chi connectivity index (χ2v) is 8.51. The van der Waals surface area contributed by atoms with Crippen molar-refractivity contribution < 1.29 is 23.1 Å². The Balaban J connectivity index is 1.48. The van der Waals surface area contributed by atoms with Gasteiger partial charge in [0.15, 0.2) is 6.61 Å². The minimum atomic E-state index is -2.63. The number of fused-ring (bicyclic) bond motifs is 1. The molecule has 0 spiro atoms. The number of carbonyl (C=O) groups excluding carboxylic acids is 2. The molecule has 1 fully saturated rings. The first-order valence-corrected chi connectivity index (χ1v) is 10.9. The SMILES string of the molecule is CC(c1cnc(OCC(F)F)c(Cl)c1)N1Cc2c(ccnc2NC(=O)CC2CCC2)C1=O. The predicted octanol–water partition coefficient (Wildman–Crippen LogP) is 4.62. The lowest BCUT2D eigenvalue weighted by molar-refractivity contribution is -0.117. The van der Waals surface area contributed by atoms with Crippen LogP contribution in [0.1, 0.15) is 60.1 Å². The molecule has 1 saturated carbocycles.